The van der Waals surface area contributed by atoms with Gasteiger partial charge < -0.3 is 9.73 Å². The molecule has 0 spiro atoms. The maximum Gasteiger partial charge on any atom is 0.257 e. The largest absolute Gasteiger partial charge is 0.418 e. The lowest BCUT2D eigenvalue weighted by atomic mass is 10.2. The Morgan fingerprint density at radius 2 is 2.11 bits per heavy atom. The molecule has 3 aromatic rings. The summed E-state index contributed by atoms with van der Waals surface area (Å²) >= 11 is 1.67. The second-order valence-corrected chi connectivity index (χ2v) is 5.19. The zero-order chi connectivity index (χ0) is 12.5. The summed E-state index contributed by atoms with van der Waals surface area (Å²) in [6, 6.07) is 10.4. The highest BCUT2D eigenvalue weighted by molar-refractivity contribution is 7.22. The fourth-order valence-electron chi connectivity index (χ4n) is 1.72. The number of benzene rings is 1. The number of fused-ring (bicyclic) bond motifs is 1. The van der Waals surface area contributed by atoms with E-state index in [0.717, 1.165) is 4.88 Å². The summed E-state index contributed by atoms with van der Waals surface area (Å²) in [6.07, 6.45) is 0. The molecular formula is C13H13N3OS. The van der Waals surface area contributed by atoms with Crippen molar-refractivity contribution in [3.63, 3.8) is 0 Å². The Balaban J connectivity index is 2.01. The highest BCUT2D eigenvalue weighted by Crippen LogP contribution is 2.32. The molecule has 0 aliphatic carbocycles. The summed E-state index contributed by atoms with van der Waals surface area (Å²) in [5.74, 6) is 1.21. The molecular weight excluding hydrogens is 246 g/mol. The summed E-state index contributed by atoms with van der Waals surface area (Å²) < 4.78 is 6.91. The summed E-state index contributed by atoms with van der Waals surface area (Å²) in [4.78, 5) is 1.01. The highest BCUT2D eigenvalue weighted by Gasteiger charge is 2.14. The predicted octanol–water partition coefficient (Wildman–Crippen LogP) is 3.23. The van der Waals surface area contributed by atoms with Gasteiger partial charge in [-0.15, -0.1) is 21.5 Å². The minimum atomic E-state index is 0.0700. The van der Waals surface area contributed by atoms with Gasteiger partial charge in [0, 0.05) is 4.70 Å². The molecule has 2 aromatic heterocycles. The van der Waals surface area contributed by atoms with Gasteiger partial charge in [-0.05, 0) is 31.5 Å². The van der Waals surface area contributed by atoms with Crippen molar-refractivity contribution in [2.24, 2.45) is 0 Å². The van der Waals surface area contributed by atoms with E-state index in [-0.39, 0.29) is 6.04 Å². The molecule has 0 bridgehead atoms. The average Bonchev–Trinajstić information content (AvgIpc) is 3.03. The van der Waals surface area contributed by atoms with Gasteiger partial charge in [0.05, 0.1) is 10.9 Å². The lowest BCUT2D eigenvalue weighted by Gasteiger charge is -2.01. The van der Waals surface area contributed by atoms with Crippen LogP contribution in [0.3, 0.4) is 0 Å². The van der Waals surface area contributed by atoms with Crippen molar-refractivity contribution in [1.82, 2.24) is 15.5 Å². The van der Waals surface area contributed by atoms with Crippen LogP contribution in [-0.4, -0.2) is 17.2 Å². The average molecular weight is 259 g/mol. The molecule has 0 saturated heterocycles. The minimum absolute atomic E-state index is 0.0700. The Kier molecular flexibility index (Phi) is 2.85. The lowest BCUT2D eigenvalue weighted by Crippen LogP contribution is -2.12. The maximum absolute atomic E-state index is 5.68. The fraction of sp³-hybridized carbons (Fsp3) is 0.231. The van der Waals surface area contributed by atoms with Crippen molar-refractivity contribution in [2.75, 3.05) is 7.05 Å². The second kappa shape index (κ2) is 4.51. The van der Waals surface area contributed by atoms with E-state index >= 15 is 0 Å². The summed E-state index contributed by atoms with van der Waals surface area (Å²) in [6.45, 7) is 1.99. The third-order valence-electron chi connectivity index (χ3n) is 2.88. The van der Waals surface area contributed by atoms with Gasteiger partial charge in [-0.1, -0.05) is 18.2 Å². The van der Waals surface area contributed by atoms with Gasteiger partial charge in [0.2, 0.25) is 5.89 Å². The van der Waals surface area contributed by atoms with Gasteiger partial charge in [0.25, 0.3) is 5.89 Å². The Morgan fingerprint density at radius 3 is 2.89 bits per heavy atom. The van der Waals surface area contributed by atoms with E-state index in [2.05, 4.69) is 33.7 Å². The van der Waals surface area contributed by atoms with E-state index in [4.69, 9.17) is 4.42 Å². The van der Waals surface area contributed by atoms with Gasteiger partial charge in [-0.2, -0.15) is 0 Å². The lowest BCUT2D eigenvalue weighted by molar-refractivity contribution is 0.442. The number of rotatable bonds is 3. The molecule has 0 radical (unpaired) electrons. The van der Waals surface area contributed by atoms with Crippen LogP contribution < -0.4 is 5.32 Å². The molecule has 0 fully saturated rings. The van der Waals surface area contributed by atoms with Crippen LogP contribution in [0, 0.1) is 0 Å². The number of hydrogen-bond donors (Lipinski definition) is 1. The third-order valence-corrected chi connectivity index (χ3v) is 3.98. The molecule has 1 atom stereocenters. The van der Waals surface area contributed by atoms with Gasteiger partial charge in [0.15, 0.2) is 0 Å². The third kappa shape index (κ3) is 1.91. The number of hydrogen-bond acceptors (Lipinski definition) is 5. The normalized spacial score (nSPS) is 13.0. The van der Waals surface area contributed by atoms with Crippen molar-refractivity contribution in [3.05, 3.63) is 36.2 Å². The Hall–Kier alpha value is -1.72. The van der Waals surface area contributed by atoms with Crippen LogP contribution in [0.1, 0.15) is 18.9 Å². The molecule has 0 amide bonds. The molecule has 1 aromatic carbocycles. The fourth-order valence-corrected chi connectivity index (χ4v) is 2.70. The van der Waals surface area contributed by atoms with E-state index < -0.39 is 0 Å². The molecule has 1 unspecified atom stereocenters. The molecule has 1 N–H and O–H groups in total. The molecule has 5 heteroatoms. The highest BCUT2D eigenvalue weighted by atomic mass is 32.1. The van der Waals surface area contributed by atoms with E-state index in [0.29, 0.717) is 11.8 Å². The molecule has 0 saturated carbocycles. The number of nitrogens with one attached hydrogen (secondary N) is 1. The van der Waals surface area contributed by atoms with Gasteiger partial charge >= 0.3 is 0 Å². The van der Waals surface area contributed by atoms with Crippen LogP contribution in [0.25, 0.3) is 20.9 Å². The van der Waals surface area contributed by atoms with Crippen LogP contribution in [-0.2, 0) is 0 Å². The van der Waals surface area contributed by atoms with E-state index in [1.807, 2.05) is 26.1 Å². The van der Waals surface area contributed by atoms with Crippen LogP contribution in [0.15, 0.2) is 34.7 Å². The maximum atomic E-state index is 5.68. The Bertz CT molecular complexity index is 640. The Labute approximate surface area is 109 Å². The molecule has 4 nitrogen and oxygen atoms in total. The molecule has 92 valence electrons. The smallest absolute Gasteiger partial charge is 0.257 e. The zero-order valence-electron chi connectivity index (χ0n) is 10.2. The molecule has 0 aliphatic heterocycles. The van der Waals surface area contributed by atoms with E-state index in [9.17, 15) is 0 Å². The van der Waals surface area contributed by atoms with Gasteiger partial charge in [0.1, 0.15) is 0 Å². The van der Waals surface area contributed by atoms with Crippen molar-refractivity contribution in [3.8, 4) is 10.8 Å². The predicted molar refractivity (Wildman–Crippen MR) is 72.6 cm³/mol. The molecule has 18 heavy (non-hydrogen) atoms. The molecule has 0 aliphatic rings. The van der Waals surface area contributed by atoms with Crippen molar-refractivity contribution >= 4 is 21.4 Å². The van der Waals surface area contributed by atoms with Crippen LogP contribution in [0.5, 0.6) is 0 Å². The molecule has 2 heterocycles. The van der Waals surface area contributed by atoms with Crippen molar-refractivity contribution in [2.45, 2.75) is 13.0 Å². The first-order chi connectivity index (χ1) is 8.78. The van der Waals surface area contributed by atoms with E-state index in [1.165, 1.54) is 10.1 Å². The minimum Gasteiger partial charge on any atom is -0.418 e. The summed E-state index contributed by atoms with van der Waals surface area (Å²) in [5, 5.41) is 12.5. The van der Waals surface area contributed by atoms with Crippen LogP contribution in [0.2, 0.25) is 0 Å². The Morgan fingerprint density at radius 1 is 1.28 bits per heavy atom. The standard InChI is InChI=1S/C13H13N3OS/c1-8(14-2)12-15-16-13(17-12)11-7-9-5-3-4-6-10(9)18-11/h3-8,14H,1-2H3. The number of thiophene rings is 1. The molecule has 3 rings (SSSR count). The van der Waals surface area contributed by atoms with Gasteiger partial charge in [-0.3, -0.25) is 0 Å². The first-order valence-electron chi connectivity index (χ1n) is 5.77. The second-order valence-electron chi connectivity index (χ2n) is 4.10. The van der Waals surface area contributed by atoms with Gasteiger partial charge in [-0.25, -0.2) is 0 Å². The number of nitrogens with zero attached hydrogens (tertiary/aromatic N) is 2. The SMILES string of the molecule is CNC(C)c1nnc(-c2cc3ccccc3s2)o1. The summed E-state index contributed by atoms with van der Waals surface area (Å²) in [5.41, 5.74) is 0. The first-order valence-corrected chi connectivity index (χ1v) is 6.59. The quantitative estimate of drug-likeness (QED) is 0.784. The summed E-state index contributed by atoms with van der Waals surface area (Å²) in [7, 11) is 1.87. The topological polar surface area (TPSA) is 51.0 Å². The van der Waals surface area contributed by atoms with Crippen LogP contribution in [0.4, 0.5) is 0 Å². The van der Waals surface area contributed by atoms with Crippen LogP contribution >= 0.6 is 11.3 Å². The van der Waals surface area contributed by atoms with E-state index in [1.54, 1.807) is 11.3 Å². The first kappa shape index (κ1) is 11.4. The van der Waals surface area contributed by atoms with Crippen molar-refractivity contribution in [1.29, 1.82) is 0 Å². The number of aromatic nitrogens is 2. The van der Waals surface area contributed by atoms with Crippen molar-refractivity contribution < 1.29 is 4.42 Å². The zero-order valence-corrected chi connectivity index (χ0v) is 11.0. The monoisotopic (exact) mass is 259 g/mol.